The highest BCUT2D eigenvalue weighted by Gasteiger charge is 2.15. The van der Waals surface area contributed by atoms with Crippen LogP contribution < -0.4 is 0 Å². The summed E-state index contributed by atoms with van der Waals surface area (Å²) in [6.07, 6.45) is 3.15. The van der Waals surface area contributed by atoms with Gasteiger partial charge in [-0.05, 0) is 11.5 Å². The summed E-state index contributed by atoms with van der Waals surface area (Å²) in [6.45, 7) is 0. The first-order chi connectivity index (χ1) is 8.77. The van der Waals surface area contributed by atoms with Crippen molar-refractivity contribution in [2.75, 3.05) is 0 Å². The van der Waals surface area contributed by atoms with Crippen LogP contribution in [0.15, 0.2) is 48.8 Å². The first-order valence-corrected chi connectivity index (χ1v) is 5.39. The molecule has 18 heavy (non-hydrogen) atoms. The van der Waals surface area contributed by atoms with Crippen molar-refractivity contribution in [1.82, 2.24) is 15.0 Å². The molecule has 0 fully saturated rings. The summed E-state index contributed by atoms with van der Waals surface area (Å²) in [5.41, 5.74) is 0.748. The summed E-state index contributed by atoms with van der Waals surface area (Å²) in [5.74, 6) is -0.980. The van der Waals surface area contributed by atoms with Gasteiger partial charge in [-0.25, -0.2) is 9.48 Å². The molecular weight excluding hydrogens is 230 g/mol. The molecule has 0 aliphatic rings. The summed E-state index contributed by atoms with van der Waals surface area (Å²) in [7, 11) is 0. The standard InChI is InChI=1S/C13H9N3O2/c17-13(18)11-6-5-9-3-1-2-4-10(9)12(11)16-8-7-14-15-16/h1-8H,(H,17,18). The number of carboxylic acids is 1. The molecule has 3 aromatic rings. The van der Waals surface area contributed by atoms with E-state index in [-0.39, 0.29) is 5.56 Å². The van der Waals surface area contributed by atoms with Crippen LogP contribution >= 0.6 is 0 Å². The highest BCUT2D eigenvalue weighted by Crippen LogP contribution is 2.25. The van der Waals surface area contributed by atoms with Crippen molar-refractivity contribution >= 4 is 16.7 Å². The molecule has 0 spiro atoms. The number of rotatable bonds is 2. The van der Waals surface area contributed by atoms with Crippen LogP contribution in [0.4, 0.5) is 0 Å². The van der Waals surface area contributed by atoms with E-state index in [9.17, 15) is 9.90 Å². The Morgan fingerprint density at radius 1 is 1.17 bits per heavy atom. The maximum atomic E-state index is 11.3. The lowest BCUT2D eigenvalue weighted by Crippen LogP contribution is -2.06. The van der Waals surface area contributed by atoms with Gasteiger partial charge < -0.3 is 5.11 Å². The summed E-state index contributed by atoms with van der Waals surface area (Å²) >= 11 is 0. The van der Waals surface area contributed by atoms with Crippen molar-refractivity contribution in [3.8, 4) is 5.69 Å². The van der Waals surface area contributed by atoms with Crippen molar-refractivity contribution in [2.45, 2.75) is 0 Å². The highest BCUT2D eigenvalue weighted by molar-refractivity contribution is 6.02. The maximum absolute atomic E-state index is 11.3. The first-order valence-electron chi connectivity index (χ1n) is 5.39. The molecule has 0 saturated heterocycles. The molecule has 0 unspecified atom stereocenters. The van der Waals surface area contributed by atoms with E-state index in [0.29, 0.717) is 5.69 Å². The van der Waals surface area contributed by atoms with E-state index in [1.54, 1.807) is 18.3 Å². The van der Waals surface area contributed by atoms with Crippen LogP contribution in [0.5, 0.6) is 0 Å². The molecule has 0 radical (unpaired) electrons. The minimum absolute atomic E-state index is 0.208. The quantitative estimate of drug-likeness (QED) is 0.743. The van der Waals surface area contributed by atoms with Crippen molar-refractivity contribution in [3.63, 3.8) is 0 Å². The zero-order chi connectivity index (χ0) is 12.5. The highest BCUT2D eigenvalue weighted by atomic mass is 16.4. The number of carboxylic acid groups (broad SMARTS) is 1. The largest absolute Gasteiger partial charge is 0.478 e. The second kappa shape index (κ2) is 3.96. The van der Waals surface area contributed by atoms with Crippen LogP contribution in [0.3, 0.4) is 0 Å². The van der Waals surface area contributed by atoms with Gasteiger partial charge in [-0.15, -0.1) is 5.10 Å². The van der Waals surface area contributed by atoms with Crippen LogP contribution in [0.2, 0.25) is 0 Å². The Hall–Kier alpha value is -2.69. The molecule has 1 N–H and O–H groups in total. The second-order valence-electron chi connectivity index (χ2n) is 3.84. The van der Waals surface area contributed by atoms with Gasteiger partial charge in [0.25, 0.3) is 0 Å². The van der Waals surface area contributed by atoms with Crippen molar-refractivity contribution in [1.29, 1.82) is 0 Å². The van der Waals surface area contributed by atoms with E-state index < -0.39 is 5.97 Å². The van der Waals surface area contributed by atoms with E-state index in [1.165, 1.54) is 10.9 Å². The minimum Gasteiger partial charge on any atom is -0.478 e. The zero-order valence-electron chi connectivity index (χ0n) is 9.32. The summed E-state index contributed by atoms with van der Waals surface area (Å²) in [4.78, 5) is 11.3. The molecule has 1 heterocycles. The number of hydrogen-bond acceptors (Lipinski definition) is 3. The Balaban J connectivity index is 2.43. The molecule has 0 saturated carbocycles. The number of hydrogen-bond donors (Lipinski definition) is 1. The Labute approximate surface area is 102 Å². The summed E-state index contributed by atoms with van der Waals surface area (Å²) < 4.78 is 1.48. The molecule has 0 bridgehead atoms. The minimum atomic E-state index is -0.980. The predicted molar refractivity (Wildman–Crippen MR) is 65.8 cm³/mol. The number of carbonyl (C=O) groups is 1. The van der Waals surface area contributed by atoms with Crippen LogP contribution in [0.1, 0.15) is 10.4 Å². The molecule has 5 nitrogen and oxygen atoms in total. The second-order valence-corrected chi connectivity index (χ2v) is 3.84. The molecule has 0 aliphatic carbocycles. The fraction of sp³-hybridized carbons (Fsp3) is 0. The Bertz CT molecular complexity index is 720. The van der Waals surface area contributed by atoms with Crippen molar-refractivity contribution < 1.29 is 9.90 Å². The monoisotopic (exact) mass is 239 g/mol. The Kier molecular flexibility index (Phi) is 2.30. The summed E-state index contributed by atoms with van der Waals surface area (Å²) in [5, 5.41) is 18.7. The average molecular weight is 239 g/mol. The van der Waals surface area contributed by atoms with Gasteiger partial charge in [-0.1, -0.05) is 35.5 Å². The van der Waals surface area contributed by atoms with Gasteiger partial charge in [-0.2, -0.15) is 0 Å². The topological polar surface area (TPSA) is 68.0 Å². The maximum Gasteiger partial charge on any atom is 0.337 e. The number of benzene rings is 2. The van der Waals surface area contributed by atoms with Gasteiger partial charge in [0.2, 0.25) is 0 Å². The fourth-order valence-electron chi connectivity index (χ4n) is 2.00. The molecule has 3 rings (SSSR count). The fourth-order valence-corrected chi connectivity index (χ4v) is 2.00. The third-order valence-corrected chi connectivity index (χ3v) is 2.78. The smallest absolute Gasteiger partial charge is 0.337 e. The Morgan fingerprint density at radius 2 is 2.00 bits per heavy atom. The van der Waals surface area contributed by atoms with Gasteiger partial charge in [0.1, 0.15) is 0 Å². The molecule has 2 aromatic carbocycles. The van der Waals surface area contributed by atoms with E-state index >= 15 is 0 Å². The lowest BCUT2D eigenvalue weighted by Gasteiger charge is -2.09. The number of aromatic carboxylic acids is 1. The van der Waals surface area contributed by atoms with Crippen LogP contribution in [0.25, 0.3) is 16.5 Å². The number of aromatic nitrogens is 3. The Morgan fingerprint density at radius 3 is 2.72 bits per heavy atom. The molecule has 0 aliphatic heterocycles. The third kappa shape index (κ3) is 1.53. The van der Waals surface area contributed by atoms with Crippen LogP contribution in [-0.2, 0) is 0 Å². The van der Waals surface area contributed by atoms with Crippen LogP contribution in [-0.4, -0.2) is 26.1 Å². The van der Waals surface area contributed by atoms with Crippen molar-refractivity contribution in [3.05, 3.63) is 54.4 Å². The van der Waals surface area contributed by atoms with E-state index in [0.717, 1.165) is 10.8 Å². The third-order valence-electron chi connectivity index (χ3n) is 2.78. The average Bonchev–Trinajstić information content (AvgIpc) is 2.90. The van der Waals surface area contributed by atoms with Gasteiger partial charge in [0, 0.05) is 5.39 Å². The van der Waals surface area contributed by atoms with E-state index in [2.05, 4.69) is 10.3 Å². The molecule has 5 heteroatoms. The lowest BCUT2D eigenvalue weighted by molar-refractivity contribution is 0.0697. The van der Waals surface area contributed by atoms with Gasteiger partial charge in [-0.3, -0.25) is 0 Å². The van der Waals surface area contributed by atoms with Crippen molar-refractivity contribution in [2.24, 2.45) is 0 Å². The molecular formula is C13H9N3O2. The zero-order valence-corrected chi connectivity index (χ0v) is 9.32. The van der Waals surface area contributed by atoms with E-state index in [1.807, 2.05) is 24.3 Å². The van der Waals surface area contributed by atoms with Gasteiger partial charge >= 0.3 is 5.97 Å². The first kappa shape index (κ1) is 10.5. The summed E-state index contributed by atoms with van der Waals surface area (Å²) in [6, 6.07) is 11.0. The number of fused-ring (bicyclic) bond motifs is 1. The molecule has 1 aromatic heterocycles. The molecule has 0 amide bonds. The normalized spacial score (nSPS) is 10.7. The molecule has 0 atom stereocenters. The molecule has 88 valence electrons. The van der Waals surface area contributed by atoms with Gasteiger partial charge in [0.15, 0.2) is 0 Å². The number of nitrogens with zero attached hydrogens (tertiary/aromatic N) is 3. The lowest BCUT2D eigenvalue weighted by atomic mass is 10.0. The van der Waals surface area contributed by atoms with E-state index in [4.69, 9.17) is 0 Å². The van der Waals surface area contributed by atoms with Gasteiger partial charge in [0.05, 0.1) is 23.6 Å². The van der Waals surface area contributed by atoms with Crippen LogP contribution in [0, 0.1) is 0 Å². The SMILES string of the molecule is O=C(O)c1ccc2ccccc2c1-n1ccnn1. The predicted octanol–water partition coefficient (Wildman–Crippen LogP) is 2.12.